The van der Waals surface area contributed by atoms with E-state index in [2.05, 4.69) is 29.6 Å². The Labute approximate surface area is 171 Å². The SMILES string of the molecule is O=C(O)CC(CC1CCCC1)NC(=O)OCC1c2ccccc2-c2ccccc21. The Morgan fingerprint density at radius 1 is 1.00 bits per heavy atom. The predicted octanol–water partition coefficient (Wildman–Crippen LogP) is 4.95. The average molecular weight is 393 g/mol. The van der Waals surface area contributed by atoms with Crippen molar-refractivity contribution in [1.82, 2.24) is 5.32 Å². The van der Waals surface area contributed by atoms with Gasteiger partial charge in [-0.05, 0) is 34.6 Å². The number of benzene rings is 2. The Kier molecular flexibility index (Phi) is 5.84. The molecule has 1 amide bonds. The third-order valence-electron chi connectivity index (χ3n) is 6.18. The number of carboxylic acids is 1. The number of hydrogen-bond acceptors (Lipinski definition) is 3. The largest absolute Gasteiger partial charge is 0.481 e. The number of carboxylic acid groups (broad SMARTS) is 1. The lowest BCUT2D eigenvalue weighted by atomic mass is 9.96. The maximum atomic E-state index is 12.5. The zero-order chi connectivity index (χ0) is 20.2. The van der Waals surface area contributed by atoms with Gasteiger partial charge in [-0.2, -0.15) is 0 Å². The molecule has 2 N–H and O–H groups in total. The molecule has 1 saturated carbocycles. The minimum Gasteiger partial charge on any atom is -0.481 e. The summed E-state index contributed by atoms with van der Waals surface area (Å²) in [6.07, 6.45) is 4.71. The fourth-order valence-corrected chi connectivity index (χ4v) is 4.86. The van der Waals surface area contributed by atoms with Gasteiger partial charge in [-0.3, -0.25) is 4.79 Å². The van der Waals surface area contributed by atoms with Gasteiger partial charge in [0.05, 0.1) is 6.42 Å². The van der Waals surface area contributed by atoms with Crippen LogP contribution in [0.15, 0.2) is 48.5 Å². The van der Waals surface area contributed by atoms with Crippen LogP contribution in [0.25, 0.3) is 11.1 Å². The number of fused-ring (bicyclic) bond motifs is 3. The summed E-state index contributed by atoms with van der Waals surface area (Å²) >= 11 is 0. The van der Waals surface area contributed by atoms with E-state index < -0.39 is 12.1 Å². The molecule has 152 valence electrons. The summed E-state index contributed by atoms with van der Waals surface area (Å²) in [5.41, 5.74) is 4.69. The highest BCUT2D eigenvalue weighted by atomic mass is 16.5. The van der Waals surface area contributed by atoms with E-state index in [0.717, 1.165) is 24.0 Å². The lowest BCUT2D eigenvalue weighted by Crippen LogP contribution is -2.38. The van der Waals surface area contributed by atoms with Crippen LogP contribution < -0.4 is 5.32 Å². The van der Waals surface area contributed by atoms with E-state index in [1.54, 1.807) is 0 Å². The number of aliphatic carboxylic acids is 1. The Hall–Kier alpha value is -2.82. The molecule has 2 aliphatic rings. The molecule has 0 bridgehead atoms. The lowest BCUT2D eigenvalue weighted by molar-refractivity contribution is -0.137. The molecule has 2 aromatic rings. The Morgan fingerprint density at radius 2 is 1.59 bits per heavy atom. The van der Waals surface area contributed by atoms with Gasteiger partial charge in [0.1, 0.15) is 6.61 Å². The number of amides is 1. The van der Waals surface area contributed by atoms with E-state index in [-0.39, 0.29) is 25.0 Å². The van der Waals surface area contributed by atoms with Gasteiger partial charge in [0.2, 0.25) is 0 Å². The number of hydrogen-bond donors (Lipinski definition) is 2. The summed E-state index contributed by atoms with van der Waals surface area (Å²) in [6.45, 7) is 0.239. The van der Waals surface area contributed by atoms with Crippen LogP contribution in [0.5, 0.6) is 0 Å². The smallest absolute Gasteiger partial charge is 0.407 e. The number of carbonyl (C=O) groups excluding carboxylic acids is 1. The van der Waals surface area contributed by atoms with Crippen LogP contribution in [0.3, 0.4) is 0 Å². The molecule has 0 spiro atoms. The van der Waals surface area contributed by atoms with Crippen molar-refractivity contribution in [3.05, 3.63) is 59.7 Å². The van der Waals surface area contributed by atoms with Crippen LogP contribution >= 0.6 is 0 Å². The van der Waals surface area contributed by atoms with Crippen LogP contribution in [0, 0.1) is 5.92 Å². The molecule has 0 radical (unpaired) electrons. The minimum absolute atomic E-state index is 0.000839. The van der Waals surface area contributed by atoms with Crippen molar-refractivity contribution in [2.24, 2.45) is 5.92 Å². The van der Waals surface area contributed by atoms with Gasteiger partial charge >= 0.3 is 12.1 Å². The topological polar surface area (TPSA) is 75.6 Å². The van der Waals surface area contributed by atoms with Crippen LogP contribution in [0.4, 0.5) is 4.79 Å². The molecule has 29 heavy (non-hydrogen) atoms. The normalized spacial score (nSPS) is 16.8. The van der Waals surface area contributed by atoms with Gasteiger partial charge in [-0.15, -0.1) is 0 Å². The first kappa shape index (κ1) is 19.5. The molecule has 0 saturated heterocycles. The van der Waals surface area contributed by atoms with Crippen molar-refractivity contribution < 1.29 is 19.4 Å². The highest BCUT2D eigenvalue weighted by Crippen LogP contribution is 2.44. The molecule has 5 nitrogen and oxygen atoms in total. The van der Waals surface area contributed by atoms with Crippen molar-refractivity contribution in [2.75, 3.05) is 6.61 Å². The predicted molar refractivity (Wildman–Crippen MR) is 111 cm³/mol. The van der Waals surface area contributed by atoms with Crippen LogP contribution in [0.2, 0.25) is 0 Å². The van der Waals surface area contributed by atoms with Crippen LogP contribution in [-0.2, 0) is 9.53 Å². The fourth-order valence-electron chi connectivity index (χ4n) is 4.86. The van der Waals surface area contributed by atoms with E-state index in [1.165, 1.54) is 24.0 Å². The van der Waals surface area contributed by atoms with E-state index >= 15 is 0 Å². The van der Waals surface area contributed by atoms with Gasteiger partial charge in [0.15, 0.2) is 0 Å². The molecule has 0 heterocycles. The number of nitrogens with one attached hydrogen (secondary N) is 1. The fraction of sp³-hybridized carbons (Fsp3) is 0.417. The van der Waals surface area contributed by atoms with Crippen LogP contribution in [-0.4, -0.2) is 29.8 Å². The molecular formula is C24H27NO4. The second-order valence-corrected chi connectivity index (χ2v) is 8.15. The first-order valence-corrected chi connectivity index (χ1v) is 10.4. The second-order valence-electron chi connectivity index (χ2n) is 8.15. The van der Waals surface area contributed by atoms with E-state index in [4.69, 9.17) is 4.74 Å². The molecule has 1 fully saturated rings. The number of ether oxygens (including phenoxy) is 1. The molecule has 1 unspecified atom stereocenters. The summed E-state index contributed by atoms with van der Waals surface area (Å²) in [4.78, 5) is 23.7. The van der Waals surface area contributed by atoms with Gasteiger partial charge in [-0.25, -0.2) is 4.79 Å². The average Bonchev–Trinajstić information content (AvgIpc) is 3.32. The van der Waals surface area contributed by atoms with Gasteiger partial charge in [0, 0.05) is 12.0 Å². The highest BCUT2D eigenvalue weighted by molar-refractivity contribution is 5.79. The van der Waals surface area contributed by atoms with Crippen molar-refractivity contribution in [3.8, 4) is 11.1 Å². The number of carbonyl (C=O) groups is 2. The maximum Gasteiger partial charge on any atom is 0.407 e. The molecule has 0 aliphatic heterocycles. The second kappa shape index (κ2) is 8.68. The number of rotatable bonds is 7. The molecular weight excluding hydrogens is 366 g/mol. The molecule has 2 aromatic carbocycles. The summed E-state index contributed by atoms with van der Waals surface area (Å²) in [7, 11) is 0. The molecule has 1 atom stereocenters. The zero-order valence-corrected chi connectivity index (χ0v) is 16.5. The monoisotopic (exact) mass is 393 g/mol. The van der Waals surface area contributed by atoms with Gasteiger partial charge in [0.25, 0.3) is 0 Å². The first-order chi connectivity index (χ1) is 14.1. The van der Waals surface area contributed by atoms with E-state index in [1.807, 2.05) is 24.3 Å². The summed E-state index contributed by atoms with van der Waals surface area (Å²) in [6, 6.07) is 16.0. The van der Waals surface area contributed by atoms with Crippen molar-refractivity contribution in [3.63, 3.8) is 0 Å². The summed E-state index contributed by atoms with van der Waals surface area (Å²) in [5.74, 6) is -0.402. The van der Waals surface area contributed by atoms with Crippen LogP contribution in [0.1, 0.15) is 55.6 Å². The van der Waals surface area contributed by atoms with E-state index in [9.17, 15) is 14.7 Å². The lowest BCUT2D eigenvalue weighted by Gasteiger charge is -2.21. The summed E-state index contributed by atoms with van der Waals surface area (Å²) in [5, 5.41) is 12.0. The standard InChI is InChI=1S/C24H27NO4/c26-23(27)14-17(13-16-7-1-2-8-16)25-24(28)29-15-22-20-11-5-3-9-18(20)19-10-4-6-12-21(19)22/h3-6,9-12,16-17,22H,1-2,7-8,13-15H2,(H,25,28)(H,26,27). The Morgan fingerprint density at radius 3 is 2.17 bits per heavy atom. The summed E-state index contributed by atoms with van der Waals surface area (Å²) < 4.78 is 5.57. The molecule has 0 aromatic heterocycles. The maximum absolute atomic E-state index is 12.5. The van der Waals surface area contributed by atoms with Gasteiger partial charge < -0.3 is 15.2 Å². The highest BCUT2D eigenvalue weighted by Gasteiger charge is 2.29. The van der Waals surface area contributed by atoms with Crippen molar-refractivity contribution in [2.45, 2.75) is 50.5 Å². The first-order valence-electron chi connectivity index (χ1n) is 10.4. The quantitative estimate of drug-likeness (QED) is 0.698. The van der Waals surface area contributed by atoms with Crippen molar-refractivity contribution in [1.29, 1.82) is 0 Å². The molecule has 2 aliphatic carbocycles. The van der Waals surface area contributed by atoms with Crippen molar-refractivity contribution >= 4 is 12.1 Å². The molecule has 4 rings (SSSR count). The minimum atomic E-state index is -0.896. The third kappa shape index (κ3) is 4.44. The third-order valence-corrected chi connectivity index (χ3v) is 6.18. The Balaban J connectivity index is 1.40. The van der Waals surface area contributed by atoms with E-state index in [0.29, 0.717) is 12.3 Å². The van der Waals surface area contributed by atoms with Gasteiger partial charge in [-0.1, -0.05) is 74.2 Å². The zero-order valence-electron chi connectivity index (χ0n) is 16.5. The number of alkyl carbamates (subject to hydrolysis) is 1. The molecule has 5 heteroatoms. The Bertz CT molecular complexity index is 842.